The largest absolute Gasteiger partial charge is 0.495 e. The van der Waals surface area contributed by atoms with Crippen LogP contribution in [0.1, 0.15) is 18.9 Å². The summed E-state index contributed by atoms with van der Waals surface area (Å²) in [6.45, 7) is 1.42. The first kappa shape index (κ1) is 21.0. The summed E-state index contributed by atoms with van der Waals surface area (Å²) in [4.78, 5) is 37.7. The van der Waals surface area contributed by atoms with Crippen molar-refractivity contribution in [2.24, 2.45) is 0 Å². The van der Waals surface area contributed by atoms with E-state index in [9.17, 15) is 19.5 Å². The van der Waals surface area contributed by atoms with Crippen LogP contribution < -0.4 is 10.1 Å². The van der Waals surface area contributed by atoms with Gasteiger partial charge in [-0.15, -0.1) is 0 Å². The average Bonchev–Trinajstić information content (AvgIpc) is 3.03. The Hall–Kier alpha value is -2.32. The molecule has 9 heteroatoms. The van der Waals surface area contributed by atoms with Crippen molar-refractivity contribution in [2.75, 3.05) is 20.8 Å². The maximum absolute atomic E-state index is 12.6. The number of aliphatic hydroxyl groups is 1. The molecule has 0 unspecified atom stereocenters. The van der Waals surface area contributed by atoms with Crippen molar-refractivity contribution in [1.82, 2.24) is 10.2 Å². The van der Waals surface area contributed by atoms with Crippen LogP contribution in [0.15, 0.2) is 18.2 Å². The minimum absolute atomic E-state index is 0.0877. The van der Waals surface area contributed by atoms with Crippen molar-refractivity contribution in [3.05, 3.63) is 28.8 Å². The molecular weight excluding hydrogens is 376 g/mol. The number of likely N-dealkylation sites (tertiary alicyclic amines) is 1. The van der Waals surface area contributed by atoms with E-state index in [2.05, 4.69) is 5.32 Å². The normalized spacial score (nSPS) is 20.1. The Kier molecular flexibility index (Phi) is 7.04. The highest BCUT2D eigenvalue weighted by Gasteiger charge is 2.38. The van der Waals surface area contributed by atoms with Gasteiger partial charge in [0.05, 0.1) is 25.3 Å². The quantitative estimate of drug-likeness (QED) is 0.677. The van der Waals surface area contributed by atoms with Crippen molar-refractivity contribution < 1.29 is 29.0 Å². The summed E-state index contributed by atoms with van der Waals surface area (Å²) in [5.74, 6) is -0.959. The third kappa shape index (κ3) is 5.11. The number of β-amino-alcohol motifs (C(OH)–C–C–N with tert-alkyl or cyclic N) is 1. The summed E-state index contributed by atoms with van der Waals surface area (Å²) in [5, 5.41) is 12.8. The lowest BCUT2D eigenvalue weighted by atomic mass is 10.0. The summed E-state index contributed by atoms with van der Waals surface area (Å²) >= 11 is 6.11. The molecule has 1 heterocycles. The molecule has 2 amide bonds. The van der Waals surface area contributed by atoms with Gasteiger partial charge in [0, 0.05) is 26.3 Å². The Morgan fingerprint density at radius 2 is 2.07 bits per heavy atom. The lowest BCUT2D eigenvalue weighted by Gasteiger charge is -2.24. The number of esters is 1. The summed E-state index contributed by atoms with van der Waals surface area (Å²) in [6, 6.07) is 3.25. The number of hydrogen-bond acceptors (Lipinski definition) is 6. The number of hydrogen-bond donors (Lipinski definition) is 2. The Morgan fingerprint density at radius 3 is 2.63 bits per heavy atom. The summed E-state index contributed by atoms with van der Waals surface area (Å²) < 4.78 is 9.87. The summed E-state index contributed by atoms with van der Waals surface area (Å²) in [6.07, 6.45) is -0.507. The Bertz CT molecular complexity index is 726. The molecule has 0 saturated carbocycles. The minimum atomic E-state index is -0.960. The molecule has 148 valence electrons. The fourth-order valence-corrected chi connectivity index (χ4v) is 3.37. The zero-order chi connectivity index (χ0) is 20.1. The fraction of sp³-hybridized carbons (Fsp3) is 0.500. The predicted molar refractivity (Wildman–Crippen MR) is 97.5 cm³/mol. The van der Waals surface area contributed by atoms with Crippen LogP contribution in [-0.4, -0.2) is 66.7 Å². The van der Waals surface area contributed by atoms with E-state index in [1.807, 2.05) is 0 Å². The zero-order valence-corrected chi connectivity index (χ0v) is 16.2. The molecule has 1 aromatic rings. The predicted octanol–water partition coefficient (Wildman–Crippen LogP) is 0.531. The second-order valence-corrected chi connectivity index (χ2v) is 6.74. The van der Waals surface area contributed by atoms with Gasteiger partial charge in [0.1, 0.15) is 17.8 Å². The van der Waals surface area contributed by atoms with Crippen LogP contribution in [0.2, 0.25) is 5.02 Å². The first-order chi connectivity index (χ1) is 12.8. The standard InChI is InChI=1S/C18H23ClN2O6/c1-10(22)21-9-12(23)8-15(21)17(24)20-14(18(25)27-3)7-11-4-5-16(26-2)13(19)6-11/h4-6,12,14-15,23H,7-9H2,1-3H3,(H,20,24)/t12-,14+,15+/m1/s1. The van der Waals surface area contributed by atoms with Crippen LogP contribution in [0.5, 0.6) is 5.75 Å². The third-order valence-corrected chi connectivity index (χ3v) is 4.74. The lowest BCUT2D eigenvalue weighted by Crippen LogP contribution is -2.51. The number of benzene rings is 1. The second kappa shape index (κ2) is 9.05. The van der Waals surface area contributed by atoms with E-state index < -0.39 is 30.1 Å². The van der Waals surface area contributed by atoms with Gasteiger partial charge in [-0.3, -0.25) is 9.59 Å². The van der Waals surface area contributed by atoms with Crippen LogP contribution in [-0.2, 0) is 25.5 Å². The monoisotopic (exact) mass is 398 g/mol. The molecule has 0 aliphatic carbocycles. The first-order valence-electron chi connectivity index (χ1n) is 8.42. The molecule has 27 heavy (non-hydrogen) atoms. The highest BCUT2D eigenvalue weighted by Crippen LogP contribution is 2.25. The number of rotatable bonds is 6. The molecule has 3 atom stereocenters. The van der Waals surface area contributed by atoms with Crippen LogP contribution in [0.4, 0.5) is 0 Å². The average molecular weight is 399 g/mol. The summed E-state index contributed by atoms with van der Waals surface area (Å²) in [7, 11) is 2.72. The number of ether oxygens (including phenoxy) is 2. The minimum Gasteiger partial charge on any atom is -0.495 e. The number of nitrogens with one attached hydrogen (secondary N) is 1. The van der Waals surface area contributed by atoms with Crippen LogP contribution in [0.3, 0.4) is 0 Å². The van der Waals surface area contributed by atoms with Gasteiger partial charge < -0.3 is 24.8 Å². The van der Waals surface area contributed by atoms with Gasteiger partial charge >= 0.3 is 5.97 Å². The molecule has 0 aromatic heterocycles. The molecule has 1 saturated heterocycles. The first-order valence-corrected chi connectivity index (χ1v) is 8.80. The molecule has 0 bridgehead atoms. The second-order valence-electron chi connectivity index (χ2n) is 6.33. The lowest BCUT2D eigenvalue weighted by molar-refractivity contribution is -0.146. The van der Waals surface area contributed by atoms with E-state index in [1.54, 1.807) is 18.2 Å². The number of carbonyl (C=O) groups is 3. The molecule has 2 rings (SSSR count). The summed E-state index contributed by atoms with van der Waals surface area (Å²) in [5.41, 5.74) is 0.700. The van der Waals surface area contributed by atoms with Crippen molar-refractivity contribution >= 4 is 29.4 Å². The molecule has 2 N–H and O–H groups in total. The molecule has 8 nitrogen and oxygen atoms in total. The number of aliphatic hydroxyl groups excluding tert-OH is 1. The Labute approximate surface area is 162 Å². The van der Waals surface area contributed by atoms with Gasteiger partial charge in [-0.2, -0.15) is 0 Å². The van der Waals surface area contributed by atoms with E-state index in [4.69, 9.17) is 21.1 Å². The number of amides is 2. The van der Waals surface area contributed by atoms with Gasteiger partial charge in [0.2, 0.25) is 11.8 Å². The maximum Gasteiger partial charge on any atom is 0.328 e. The number of nitrogens with zero attached hydrogens (tertiary/aromatic N) is 1. The molecule has 0 radical (unpaired) electrons. The van der Waals surface area contributed by atoms with E-state index in [1.165, 1.54) is 26.0 Å². The molecule has 1 aliphatic rings. The van der Waals surface area contributed by atoms with Crippen LogP contribution >= 0.6 is 11.6 Å². The van der Waals surface area contributed by atoms with Gasteiger partial charge in [0.15, 0.2) is 0 Å². The highest BCUT2D eigenvalue weighted by atomic mass is 35.5. The van der Waals surface area contributed by atoms with E-state index in [0.717, 1.165) is 0 Å². The molecular formula is C18H23ClN2O6. The fourth-order valence-electron chi connectivity index (χ4n) is 3.09. The highest BCUT2D eigenvalue weighted by molar-refractivity contribution is 6.32. The van der Waals surface area contributed by atoms with Gasteiger partial charge in [-0.1, -0.05) is 17.7 Å². The van der Waals surface area contributed by atoms with Crippen molar-refractivity contribution in [1.29, 1.82) is 0 Å². The Balaban J connectivity index is 2.14. The van der Waals surface area contributed by atoms with E-state index >= 15 is 0 Å². The number of halogens is 1. The third-order valence-electron chi connectivity index (χ3n) is 4.44. The topological polar surface area (TPSA) is 105 Å². The van der Waals surface area contributed by atoms with Gasteiger partial charge in [0.25, 0.3) is 0 Å². The smallest absolute Gasteiger partial charge is 0.328 e. The molecule has 1 aromatic carbocycles. The zero-order valence-electron chi connectivity index (χ0n) is 15.4. The van der Waals surface area contributed by atoms with Crippen LogP contribution in [0.25, 0.3) is 0 Å². The Morgan fingerprint density at radius 1 is 1.37 bits per heavy atom. The maximum atomic E-state index is 12.6. The van der Waals surface area contributed by atoms with Crippen molar-refractivity contribution in [3.8, 4) is 5.75 Å². The molecule has 1 aliphatic heterocycles. The van der Waals surface area contributed by atoms with E-state index in [-0.39, 0.29) is 25.3 Å². The van der Waals surface area contributed by atoms with Crippen molar-refractivity contribution in [2.45, 2.75) is 38.0 Å². The molecule has 0 spiro atoms. The van der Waals surface area contributed by atoms with Gasteiger partial charge in [-0.25, -0.2) is 4.79 Å². The molecule has 1 fully saturated rings. The SMILES string of the molecule is COC(=O)[C@H](Cc1ccc(OC)c(Cl)c1)NC(=O)[C@@H]1C[C@@H](O)CN1C(C)=O. The van der Waals surface area contributed by atoms with Crippen LogP contribution in [0, 0.1) is 0 Å². The van der Waals surface area contributed by atoms with Gasteiger partial charge in [-0.05, 0) is 17.7 Å². The van der Waals surface area contributed by atoms with Crippen molar-refractivity contribution in [3.63, 3.8) is 0 Å². The van der Waals surface area contributed by atoms with E-state index in [0.29, 0.717) is 16.3 Å². The number of carbonyl (C=O) groups excluding carboxylic acids is 3. The number of methoxy groups -OCH3 is 2.